The van der Waals surface area contributed by atoms with Crippen LogP contribution >= 0.6 is 11.5 Å². The zero-order chi connectivity index (χ0) is 24.1. The third kappa shape index (κ3) is 5.44. The Kier molecular flexibility index (Phi) is 7.56. The highest BCUT2D eigenvalue weighted by molar-refractivity contribution is 7.09. The number of anilines is 1. The number of nitrogens with one attached hydrogen (secondary N) is 1. The fraction of sp³-hybridized carbons (Fsp3) is 0.458. The lowest BCUT2D eigenvalue weighted by Crippen LogP contribution is -2.41. The lowest BCUT2D eigenvalue weighted by atomic mass is 10.1. The number of nitrogens with zero attached hydrogens (tertiary/aromatic N) is 5. The Hall–Kier alpha value is -3.27. The van der Waals surface area contributed by atoms with Crippen molar-refractivity contribution < 1.29 is 14.3 Å². The van der Waals surface area contributed by atoms with Gasteiger partial charge in [-0.05, 0) is 55.8 Å². The Morgan fingerprint density at radius 1 is 1.29 bits per heavy atom. The van der Waals surface area contributed by atoms with E-state index in [2.05, 4.69) is 20.0 Å². The molecule has 0 aliphatic heterocycles. The molecule has 0 spiro atoms. The number of rotatable bonds is 9. The van der Waals surface area contributed by atoms with E-state index in [-0.39, 0.29) is 30.3 Å². The summed E-state index contributed by atoms with van der Waals surface area (Å²) < 4.78 is 11.2. The van der Waals surface area contributed by atoms with E-state index in [9.17, 15) is 9.59 Å². The van der Waals surface area contributed by atoms with E-state index in [0.717, 1.165) is 41.1 Å². The summed E-state index contributed by atoms with van der Waals surface area (Å²) in [6.07, 6.45) is 5.01. The molecule has 4 rings (SSSR count). The number of hydrogen-bond donors (Lipinski definition) is 1. The highest BCUT2D eigenvalue weighted by Crippen LogP contribution is 2.36. The molecule has 180 valence electrons. The Morgan fingerprint density at radius 3 is 2.85 bits per heavy atom. The Morgan fingerprint density at radius 2 is 2.12 bits per heavy atom. The van der Waals surface area contributed by atoms with Gasteiger partial charge in [0.1, 0.15) is 5.69 Å². The first-order valence-electron chi connectivity index (χ1n) is 11.6. The first kappa shape index (κ1) is 23.9. The van der Waals surface area contributed by atoms with Crippen LogP contribution in [0, 0.1) is 12.8 Å². The van der Waals surface area contributed by atoms with Crippen molar-refractivity contribution in [2.45, 2.75) is 45.6 Å². The molecule has 0 saturated heterocycles. The zero-order valence-electron chi connectivity index (χ0n) is 19.7. The summed E-state index contributed by atoms with van der Waals surface area (Å²) in [4.78, 5) is 28.6. The van der Waals surface area contributed by atoms with Gasteiger partial charge in [-0.3, -0.25) is 9.59 Å². The van der Waals surface area contributed by atoms with E-state index in [1.54, 1.807) is 12.0 Å². The standard InChI is InChI=1S/C24H30N6O3S/c1-4-11-29(15-22(31)25-19-8-6-5-7-16(19)2)24(32)17-9-10-18(12-17)30-14-20(26-28-30)21-13-23(33-3)27-34-21/h5-8,13-14,17-18H,4,9-12,15H2,1-3H3,(H,25,31). The largest absolute Gasteiger partial charge is 0.480 e. The number of aromatic nitrogens is 4. The van der Waals surface area contributed by atoms with Gasteiger partial charge in [0.25, 0.3) is 0 Å². The molecule has 1 fully saturated rings. The Balaban J connectivity index is 1.37. The number of amides is 2. The maximum atomic E-state index is 13.3. The van der Waals surface area contributed by atoms with E-state index >= 15 is 0 Å². The lowest BCUT2D eigenvalue weighted by Gasteiger charge is -2.25. The molecule has 1 saturated carbocycles. The second-order valence-electron chi connectivity index (χ2n) is 8.60. The van der Waals surface area contributed by atoms with E-state index < -0.39 is 0 Å². The molecule has 2 atom stereocenters. The first-order chi connectivity index (χ1) is 16.5. The normalized spacial score (nSPS) is 17.5. The summed E-state index contributed by atoms with van der Waals surface area (Å²) in [5.74, 6) is 0.297. The van der Waals surface area contributed by atoms with Gasteiger partial charge in [0.2, 0.25) is 17.7 Å². The molecule has 2 heterocycles. The third-order valence-corrected chi connectivity index (χ3v) is 6.94. The first-order valence-corrected chi connectivity index (χ1v) is 12.3. The van der Waals surface area contributed by atoms with Crippen molar-refractivity contribution in [3.05, 3.63) is 42.1 Å². The smallest absolute Gasteiger partial charge is 0.244 e. The zero-order valence-corrected chi connectivity index (χ0v) is 20.5. The molecule has 2 unspecified atom stereocenters. The molecule has 3 aromatic rings. The minimum absolute atomic E-state index is 0.0387. The predicted molar refractivity (Wildman–Crippen MR) is 131 cm³/mol. The maximum absolute atomic E-state index is 13.3. The summed E-state index contributed by atoms with van der Waals surface area (Å²) in [5, 5.41) is 11.5. The van der Waals surface area contributed by atoms with E-state index in [1.165, 1.54) is 11.5 Å². The lowest BCUT2D eigenvalue weighted by molar-refractivity contribution is -0.138. The fourth-order valence-corrected chi connectivity index (χ4v) is 4.99. The molecule has 1 aromatic carbocycles. The molecule has 2 aromatic heterocycles. The van der Waals surface area contributed by atoms with Crippen molar-refractivity contribution in [3.8, 4) is 16.5 Å². The van der Waals surface area contributed by atoms with E-state index in [4.69, 9.17) is 4.74 Å². The van der Waals surface area contributed by atoms with Crippen LogP contribution in [0.4, 0.5) is 5.69 Å². The summed E-state index contributed by atoms with van der Waals surface area (Å²) in [6.45, 7) is 4.58. The third-order valence-electron chi connectivity index (χ3n) is 6.15. The summed E-state index contributed by atoms with van der Waals surface area (Å²) in [6, 6.07) is 9.58. The molecule has 1 N–H and O–H groups in total. The van der Waals surface area contributed by atoms with Crippen LogP contribution in [-0.4, -0.2) is 56.3 Å². The van der Waals surface area contributed by atoms with Gasteiger partial charge in [-0.25, -0.2) is 4.68 Å². The van der Waals surface area contributed by atoms with Crippen molar-refractivity contribution in [2.24, 2.45) is 5.92 Å². The SMILES string of the molecule is CCCN(CC(=O)Nc1ccccc1C)C(=O)C1CCC(n2cc(-c3cc(OC)ns3)nn2)C1. The molecule has 1 aliphatic rings. The monoisotopic (exact) mass is 482 g/mol. The average molecular weight is 483 g/mol. The summed E-state index contributed by atoms with van der Waals surface area (Å²) >= 11 is 1.32. The minimum Gasteiger partial charge on any atom is -0.480 e. The minimum atomic E-state index is -0.174. The molecule has 9 nitrogen and oxygen atoms in total. The summed E-state index contributed by atoms with van der Waals surface area (Å²) in [7, 11) is 1.58. The number of carbonyl (C=O) groups is 2. The molecular weight excluding hydrogens is 452 g/mol. The quantitative estimate of drug-likeness (QED) is 0.496. The van der Waals surface area contributed by atoms with Gasteiger partial charge in [0.15, 0.2) is 0 Å². The number of para-hydroxylation sites is 1. The number of methoxy groups -OCH3 is 1. The predicted octanol–water partition coefficient (Wildman–Crippen LogP) is 3.94. The van der Waals surface area contributed by atoms with Gasteiger partial charge in [-0.1, -0.05) is 30.3 Å². The van der Waals surface area contributed by atoms with Crippen LogP contribution in [0.3, 0.4) is 0 Å². The molecular formula is C24H30N6O3S. The van der Waals surface area contributed by atoms with Crippen LogP contribution in [0.25, 0.3) is 10.6 Å². The van der Waals surface area contributed by atoms with Gasteiger partial charge >= 0.3 is 0 Å². The number of ether oxygens (including phenoxy) is 1. The van der Waals surface area contributed by atoms with Gasteiger partial charge < -0.3 is 15.0 Å². The molecule has 0 bridgehead atoms. The van der Waals surface area contributed by atoms with Crippen LogP contribution in [0.2, 0.25) is 0 Å². The van der Waals surface area contributed by atoms with Crippen molar-refractivity contribution in [1.29, 1.82) is 0 Å². The number of benzene rings is 1. The van der Waals surface area contributed by atoms with Crippen LogP contribution in [0.15, 0.2) is 36.5 Å². The van der Waals surface area contributed by atoms with Crippen LogP contribution < -0.4 is 10.1 Å². The second kappa shape index (κ2) is 10.8. The second-order valence-corrected chi connectivity index (χ2v) is 9.41. The van der Waals surface area contributed by atoms with Crippen molar-refractivity contribution in [2.75, 3.05) is 25.5 Å². The maximum Gasteiger partial charge on any atom is 0.244 e. The number of hydrogen-bond acceptors (Lipinski definition) is 7. The number of aryl methyl sites for hydroxylation is 1. The summed E-state index contributed by atoms with van der Waals surface area (Å²) in [5.41, 5.74) is 2.51. The fourth-order valence-electron chi connectivity index (χ4n) is 4.34. The molecule has 0 radical (unpaired) electrons. The van der Waals surface area contributed by atoms with Gasteiger partial charge in [0.05, 0.1) is 30.8 Å². The van der Waals surface area contributed by atoms with Gasteiger partial charge in [-0.15, -0.1) is 5.10 Å². The van der Waals surface area contributed by atoms with Crippen LogP contribution in [0.5, 0.6) is 5.88 Å². The average Bonchev–Trinajstić information content (AvgIpc) is 3.59. The van der Waals surface area contributed by atoms with E-state index in [1.807, 2.05) is 55.1 Å². The van der Waals surface area contributed by atoms with Gasteiger partial charge in [0, 0.05) is 24.2 Å². The van der Waals surface area contributed by atoms with Crippen molar-refractivity contribution in [1.82, 2.24) is 24.3 Å². The van der Waals surface area contributed by atoms with Gasteiger partial charge in [-0.2, -0.15) is 4.37 Å². The highest BCUT2D eigenvalue weighted by atomic mass is 32.1. The molecule has 34 heavy (non-hydrogen) atoms. The number of carbonyl (C=O) groups excluding carboxylic acids is 2. The molecule has 2 amide bonds. The van der Waals surface area contributed by atoms with Crippen molar-refractivity contribution in [3.63, 3.8) is 0 Å². The molecule has 10 heteroatoms. The van der Waals surface area contributed by atoms with Crippen LogP contribution in [-0.2, 0) is 9.59 Å². The highest BCUT2D eigenvalue weighted by Gasteiger charge is 2.34. The van der Waals surface area contributed by atoms with E-state index in [0.29, 0.717) is 18.8 Å². The Bertz CT molecular complexity index is 1140. The van der Waals surface area contributed by atoms with Crippen LogP contribution in [0.1, 0.15) is 44.2 Å². The Labute approximate surface area is 203 Å². The van der Waals surface area contributed by atoms with Crippen molar-refractivity contribution >= 4 is 29.0 Å². The molecule has 1 aliphatic carbocycles. The topological polar surface area (TPSA) is 102 Å².